The first kappa shape index (κ1) is 15.0. The van der Waals surface area contributed by atoms with Crippen molar-refractivity contribution in [3.05, 3.63) is 59.2 Å². The van der Waals surface area contributed by atoms with E-state index in [4.69, 9.17) is 0 Å². The van der Waals surface area contributed by atoms with Crippen molar-refractivity contribution < 1.29 is 9.18 Å². The Labute approximate surface area is 123 Å². The topological polar surface area (TPSA) is 54.0 Å². The minimum absolute atomic E-state index is 0.0854. The summed E-state index contributed by atoms with van der Waals surface area (Å²) in [4.78, 5) is 15.4. The van der Waals surface area contributed by atoms with Crippen molar-refractivity contribution in [2.24, 2.45) is 0 Å². The van der Waals surface area contributed by atoms with Crippen molar-refractivity contribution in [2.45, 2.75) is 19.9 Å². The molecule has 110 valence electrons. The summed E-state index contributed by atoms with van der Waals surface area (Å²) in [5.74, 6) is -0.472. The van der Waals surface area contributed by atoms with Crippen LogP contribution >= 0.6 is 0 Å². The van der Waals surface area contributed by atoms with Gasteiger partial charge in [-0.2, -0.15) is 0 Å². The molecule has 1 aromatic heterocycles. The standard InChI is InChI=1S/C16H18FN3O/c1-10-6-12(16(21)18-3)4-5-15(10)20-11(2)13-7-14(17)9-19-8-13/h4-9,11,20H,1-3H3,(H,18,21). The monoisotopic (exact) mass is 287 g/mol. The summed E-state index contributed by atoms with van der Waals surface area (Å²) < 4.78 is 13.2. The molecule has 0 saturated carbocycles. The molecular weight excluding hydrogens is 269 g/mol. The van der Waals surface area contributed by atoms with Crippen LogP contribution in [0.25, 0.3) is 0 Å². The first-order valence-electron chi connectivity index (χ1n) is 6.71. The van der Waals surface area contributed by atoms with E-state index in [0.717, 1.165) is 16.8 Å². The zero-order valence-corrected chi connectivity index (χ0v) is 12.3. The highest BCUT2D eigenvalue weighted by molar-refractivity contribution is 5.94. The highest BCUT2D eigenvalue weighted by Crippen LogP contribution is 2.23. The molecule has 0 radical (unpaired) electrons. The van der Waals surface area contributed by atoms with Crippen molar-refractivity contribution in [1.29, 1.82) is 0 Å². The summed E-state index contributed by atoms with van der Waals surface area (Å²) in [5.41, 5.74) is 3.23. The third-order valence-electron chi connectivity index (χ3n) is 3.31. The van der Waals surface area contributed by atoms with Crippen LogP contribution in [0.15, 0.2) is 36.7 Å². The lowest BCUT2D eigenvalue weighted by atomic mass is 10.1. The van der Waals surface area contributed by atoms with Crippen LogP contribution in [0.4, 0.5) is 10.1 Å². The van der Waals surface area contributed by atoms with Gasteiger partial charge >= 0.3 is 0 Å². The fraction of sp³-hybridized carbons (Fsp3) is 0.250. The lowest BCUT2D eigenvalue weighted by molar-refractivity contribution is 0.0963. The summed E-state index contributed by atoms with van der Waals surface area (Å²) in [6.07, 6.45) is 2.81. The Morgan fingerprint density at radius 2 is 2.05 bits per heavy atom. The molecule has 0 saturated heterocycles. The number of anilines is 1. The third kappa shape index (κ3) is 3.56. The van der Waals surface area contributed by atoms with Gasteiger partial charge in [0.25, 0.3) is 5.91 Å². The van der Waals surface area contributed by atoms with E-state index in [1.165, 1.54) is 12.3 Å². The summed E-state index contributed by atoms with van der Waals surface area (Å²) in [6.45, 7) is 3.86. The number of hydrogen-bond acceptors (Lipinski definition) is 3. The minimum atomic E-state index is -0.354. The molecule has 0 bridgehead atoms. The summed E-state index contributed by atoms with van der Waals surface area (Å²) >= 11 is 0. The second-order valence-electron chi connectivity index (χ2n) is 4.91. The number of aryl methyl sites for hydroxylation is 1. The van der Waals surface area contributed by atoms with E-state index in [2.05, 4.69) is 15.6 Å². The summed E-state index contributed by atoms with van der Waals surface area (Å²) in [5, 5.41) is 5.89. The van der Waals surface area contributed by atoms with Crippen LogP contribution < -0.4 is 10.6 Å². The molecule has 2 N–H and O–H groups in total. The predicted octanol–water partition coefficient (Wildman–Crippen LogP) is 3.06. The Balaban J connectivity index is 2.18. The van der Waals surface area contributed by atoms with Crippen LogP contribution in [-0.2, 0) is 0 Å². The fourth-order valence-electron chi connectivity index (χ4n) is 2.09. The van der Waals surface area contributed by atoms with Crippen molar-refractivity contribution in [1.82, 2.24) is 10.3 Å². The molecule has 0 aliphatic rings. The van der Waals surface area contributed by atoms with E-state index in [1.807, 2.05) is 26.0 Å². The SMILES string of the molecule is CNC(=O)c1ccc(NC(C)c2cncc(F)c2)c(C)c1. The number of carbonyl (C=O) groups excluding carboxylic acids is 1. The van der Waals surface area contributed by atoms with Gasteiger partial charge in [0.15, 0.2) is 0 Å². The van der Waals surface area contributed by atoms with E-state index in [-0.39, 0.29) is 17.8 Å². The molecule has 1 atom stereocenters. The van der Waals surface area contributed by atoms with Gasteiger partial charge in [-0.3, -0.25) is 9.78 Å². The van der Waals surface area contributed by atoms with E-state index >= 15 is 0 Å². The highest BCUT2D eigenvalue weighted by atomic mass is 19.1. The van der Waals surface area contributed by atoms with Gasteiger partial charge in [0.1, 0.15) is 5.82 Å². The van der Waals surface area contributed by atoms with Gasteiger partial charge in [0.2, 0.25) is 0 Å². The molecule has 21 heavy (non-hydrogen) atoms. The number of carbonyl (C=O) groups is 1. The van der Waals surface area contributed by atoms with E-state index in [9.17, 15) is 9.18 Å². The van der Waals surface area contributed by atoms with Gasteiger partial charge in [0, 0.05) is 24.5 Å². The van der Waals surface area contributed by atoms with E-state index in [0.29, 0.717) is 5.56 Å². The molecule has 0 spiro atoms. The second kappa shape index (κ2) is 6.35. The number of aromatic nitrogens is 1. The number of amides is 1. The molecule has 4 nitrogen and oxygen atoms in total. The normalized spacial score (nSPS) is 11.8. The van der Waals surface area contributed by atoms with E-state index in [1.54, 1.807) is 19.3 Å². The number of rotatable bonds is 4. The second-order valence-corrected chi connectivity index (χ2v) is 4.91. The predicted molar refractivity (Wildman–Crippen MR) is 80.8 cm³/mol. The maximum absolute atomic E-state index is 13.2. The first-order chi connectivity index (χ1) is 10.0. The Hall–Kier alpha value is -2.43. The Kier molecular flexibility index (Phi) is 4.52. The summed E-state index contributed by atoms with van der Waals surface area (Å²) in [7, 11) is 1.60. The number of benzene rings is 1. The fourth-order valence-corrected chi connectivity index (χ4v) is 2.09. The minimum Gasteiger partial charge on any atom is -0.378 e. The molecule has 2 rings (SSSR count). The highest BCUT2D eigenvalue weighted by Gasteiger charge is 2.10. The van der Waals surface area contributed by atoms with Crippen molar-refractivity contribution in [3.63, 3.8) is 0 Å². The summed E-state index contributed by atoms with van der Waals surface area (Å²) in [6, 6.07) is 6.79. The maximum atomic E-state index is 13.2. The number of nitrogens with one attached hydrogen (secondary N) is 2. The lowest BCUT2D eigenvalue weighted by Gasteiger charge is -2.17. The van der Waals surface area contributed by atoms with Crippen molar-refractivity contribution in [2.75, 3.05) is 12.4 Å². The molecule has 1 unspecified atom stereocenters. The van der Waals surface area contributed by atoms with Crippen LogP contribution in [0.5, 0.6) is 0 Å². The average Bonchev–Trinajstić information content (AvgIpc) is 2.48. The molecule has 1 heterocycles. The van der Waals surface area contributed by atoms with Gasteiger partial charge in [-0.25, -0.2) is 4.39 Å². The average molecular weight is 287 g/mol. The molecule has 2 aromatic rings. The number of hydrogen-bond donors (Lipinski definition) is 2. The van der Waals surface area contributed by atoms with Crippen LogP contribution in [0.1, 0.15) is 34.5 Å². The largest absolute Gasteiger partial charge is 0.378 e. The van der Waals surface area contributed by atoms with Crippen LogP contribution in [0, 0.1) is 12.7 Å². The van der Waals surface area contributed by atoms with E-state index < -0.39 is 0 Å². The zero-order chi connectivity index (χ0) is 15.4. The lowest BCUT2D eigenvalue weighted by Crippen LogP contribution is -2.18. The smallest absolute Gasteiger partial charge is 0.251 e. The number of halogens is 1. The number of nitrogens with zero attached hydrogens (tertiary/aromatic N) is 1. The maximum Gasteiger partial charge on any atom is 0.251 e. The van der Waals surface area contributed by atoms with Crippen LogP contribution in [-0.4, -0.2) is 17.9 Å². The molecule has 0 fully saturated rings. The zero-order valence-electron chi connectivity index (χ0n) is 12.3. The van der Waals surface area contributed by atoms with Gasteiger partial charge in [0.05, 0.1) is 12.2 Å². The molecule has 1 aromatic carbocycles. The molecule has 0 aliphatic carbocycles. The first-order valence-corrected chi connectivity index (χ1v) is 6.71. The van der Waals surface area contributed by atoms with Crippen LogP contribution in [0.2, 0.25) is 0 Å². The third-order valence-corrected chi connectivity index (χ3v) is 3.31. The quantitative estimate of drug-likeness (QED) is 0.908. The van der Waals surface area contributed by atoms with Crippen molar-refractivity contribution >= 4 is 11.6 Å². The van der Waals surface area contributed by atoms with Gasteiger partial charge in [-0.05, 0) is 49.2 Å². The Morgan fingerprint density at radius 3 is 2.67 bits per heavy atom. The molecule has 0 aliphatic heterocycles. The van der Waals surface area contributed by atoms with Gasteiger partial charge in [-0.1, -0.05) is 0 Å². The Bertz CT molecular complexity index is 658. The van der Waals surface area contributed by atoms with Gasteiger partial charge in [-0.15, -0.1) is 0 Å². The van der Waals surface area contributed by atoms with Gasteiger partial charge < -0.3 is 10.6 Å². The Morgan fingerprint density at radius 1 is 1.29 bits per heavy atom. The molecule has 5 heteroatoms. The molecular formula is C16H18FN3O. The van der Waals surface area contributed by atoms with Crippen LogP contribution in [0.3, 0.4) is 0 Å². The number of pyridine rings is 1. The molecule has 1 amide bonds. The van der Waals surface area contributed by atoms with Crippen molar-refractivity contribution in [3.8, 4) is 0 Å².